The summed E-state index contributed by atoms with van der Waals surface area (Å²) in [5, 5.41) is 0.603. The van der Waals surface area contributed by atoms with Gasteiger partial charge in [0.2, 0.25) is 0 Å². The van der Waals surface area contributed by atoms with Gasteiger partial charge in [-0.25, -0.2) is 4.79 Å². The molecule has 0 fully saturated rings. The van der Waals surface area contributed by atoms with Crippen molar-refractivity contribution in [1.82, 2.24) is 0 Å². The molecule has 2 rings (SSSR count). The van der Waals surface area contributed by atoms with Crippen molar-refractivity contribution in [2.24, 2.45) is 5.41 Å². The van der Waals surface area contributed by atoms with Gasteiger partial charge in [-0.1, -0.05) is 27.7 Å². The van der Waals surface area contributed by atoms with Crippen LogP contribution in [0, 0.1) is 5.41 Å². The topological polar surface area (TPSA) is 52.3 Å². The van der Waals surface area contributed by atoms with E-state index in [-0.39, 0.29) is 22.9 Å². The second-order valence-electron chi connectivity index (χ2n) is 7.50. The van der Waals surface area contributed by atoms with E-state index < -0.39 is 0 Å². The van der Waals surface area contributed by atoms with Gasteiger partial charge in [0.25, 0.3) is 0 Å². The number of ether oxygens (including phenoxy) is 1. The summed E-state index contributed by atoms with van der Waals surface area (Å²) >= 11 is 1.56. The van der Waals surface area contributed by atoms with Gasteiger partial charge in [-0.2, -0.15) is 0 Å². The smallest absolute Gasteiger partial charge is 0.341 e. The van der Waals surface area contributed by atoms with Gasteiger partial charge < -0.3 is 10.5 Å². The van der Waals surface area contributed by atoms with Crippen molar-refractivity contribution in [2.75, 3.05) is 5.73 Å². The molecule has 1 heterocycles. The summed E-state index contributed by atoms with van der Waals surface area (Å²) in [6.45, 7) is 12.7. The Hall–Kier alpha value is -1.03. The van der Waals surface area contributed by atoms with Crippen molar-refractivity contribution in [1.29, 1.82) is 0 Å². The maximum absolute atomic E-state index is 12.3. The summed E-state index contributed by atoms with van der Waals surface area (Å²) in [6.07, 6.45) is 1.87. The van der Waals surface area contributed by atoms with Crippen LogP contribution >= 0.6 is 11.3 Å². The minimum Gasteiger partial charge on any atom is -0.459 e. The standard InChI is InChI=1S/C16H25NO2S/c1-9(2)19-14(18)11-10-7-15(3,4)8-16(5,6)12(10)20-13(11)17/h9H,7-8,17H2,1-6H3. The highest BCUT2D eigenvalue weighted by Gasteiger charge is 2.42. The summed E-state index contributed by atoms with van der Waals surface area (Å²) in [4.78, 5) is 13.6. The molecule has 0 spiro atoms. The van der Waals surface area contributed by atoms with Crippen LogP contribution in [-0.4, -0.2) is 12.1 Å². The molecule has 0 radical (unpaired) electrons. The number of esters is 1. The van der Waals surface area contributed by atoms with Gasteiger partial charge in [-0.05, 0) is 43.1 Å². The van der Waals surface area contributed by atoms with Crippen molar-refractivity contribution in [2.45, 2.75) is 65.9 Å². The van der Waals surface area contributed by atoms with Gasteiger partial charge >= 0.3 is 5.97 Å². The third-order valence-corrected chi connectivity index (χ3v) is 5.20. The lowest BCUT2D eigenvalue weighted by Crippen LogP contribution is -2.34. The fourth-order valence-corrected chi connectivity index (χ4v) is 4.69. The number of carbonyl (C=O) groups excluding carboxylic acids is 1. The Morgan fingerprint density at radius 1 is 1.30 bits per heavy atom. The van der Waals surface area contributed by atoms with Gasteiger partial charge in [-0.3, -0.25) is 0 Å². The first-order valence-corrected chi connectivity index (χ1v) is 7.98. The lowest BCUT2D eigenvalue weighted by molar-refractivity contribution is 0.0377. The molecule has 0 aliphatic heterocycles. The molecule has 0 saturated carbocycles. The van der Waals surface area contributed by atoms with E-state index in [0.29, 0.717) is 10.6 Å². The largest absolute Gasteiger partial charge is 0.459 e. The zero-order valence-corrected chi connectivity index (χ0v) is 14.1. The van der Waals surface area contributed by atoms with E-state index >= 15 is 0 Å². The number of hydrogen-bond donors (Lipinski definition) is 1. The molecule has 0 unspecified atom stereocenters. The number of carbonyl (C=O) groups is 1. The number of nitrogens with two attached hydrogens (primary N) is 1. The Bertz CT molecular complexity index is 541. The van der Waals surface area contributed by atoms with Crippen LogP contribution in [0.4, 0.5) is 5.00 Å². The predicted molar refractivity (Wildman–Crippen MR) is 84.4 cm³/mol. The van der Waals surface area contributed by atoms with Gasteiger partial charge in [0, 0.05) is 4.88 Å². The van der Waals surface area contributed by atoms with E-state index in [1.54, 1.807) is 11.3 Å². The summed E-state index contributed by atoms with van der Waals surface area (Å²) in [5.41, 5.74) is 8.09. The van der Waals surface area contributed by atoms with Crippen LogP contribution in [0.25, 0.3) is 0 Å². The zero-order chi connectivity index (χ0) is 15.3. The molecular weight excluding hydrogens is 270 g/mol. The fraction of sp³-hybridized carbons (Fsp3) is 0.688. The fourth-order valence-electron chi connectivity index (χ4n) is 3.51. The van der Waals surface area contributed by atoms with Crippen molar-refractivity contribution in [3.8, 4) is 0 Å². The number of hydrogen-bond acceptors (Lipinski definition) is 4. The molecule has 112 valence electrons. The van der Waals surface area contributed by atoms with E-state index in [1.807, 2.05) is 13.8 Å². The Kier molecular flexibility index (Phi) is 3.66. The predicted octanol–water partition coefficient (Wildman–Crippen LogP) is 4.15. The molecule has 20 heavy (non-hydrogen) atoms. The van der Waals surface area contributed by atoms with Gasteiger partial charge in [0.1, 0.15) is 5.00 Å². The highest BCUT2D eigenvalue weighted by molar-refractivity contribution is 7.16. The number of thiophene rings is 1. The molecule has 1 aromatic rings. The third-order valence-electron chi connectivity index (χ3n) is 3.77. The van der Waals surface area contributed by atoms with E-state index in [2.05, 4.69) is 27.7 Å². The van der Waals surface area contributed by atoms with Crippen molar-refractivity contribution in [3.05, 3.63) is 16.0 Å². The van der Waals surface area contributed by atoms with E-state index in [4.69, 9.17) is 10.5 Å². The number of rotatable bonds is 2. The molecule has 0 aromatic carbocycles. The van der Waals surface area contributed by atoms with Gasteiger partial charge in [0.05, 0.1) is 11.7 Å². The van der Waals surface area contributed by atoms with Crippen molar-refractivity contribution in [3.63, 3.8) is 0 Å². The van der Waals surface area contributed by atoms with Crippen LogP contribution in [0.3, 0.4) is 0 Å². The first kappa shape index (κ1) is 15.4. The molecule has 0 saturated heterocycles. The maximum Gasteiger partial charge on any atom is 0.341 e. The van der Waals surface area contributed by atoms with Crippen molar-refractivity contribution >= 4 is 22.3 Å². The Balaban J connectivity index is 2.52. The summed E-state index contributed by atoms with van der Waals surface area (Å²) in [6, 6.07) is 0. The second-order valence-corrected chi connectivity index (χ2v) is 8.56. The lowest BCUT2D eigenvalue weighted by atomic mass is 9.65. The average Bonchev–Trinajstić information content (AvgIpc) is 2.51. The van der Waals surface area contributed by atoms with Crippen LogP contribution in [-0.2, 0) is 16.6 Å². The third kappa shape index (κ3) is 2.71. The molecule has 2 N–H and O–H groups in total. The first-order chi connectivity index (χ1) is 9.03. The van der Waals surface area contributed by atoms with Gasteiger partial charge in [-0.15, -0.1) is 11.3 Å². The summed E-state index contributed by atoms with van der Waals surface area (Å²) in [7, 11) is 0. The van der Waals surface area contributed by atoms with Crippen LogP contribution in [0.2, 0.25) is 0 Å². The maximum atomic E-state index is 12.3. The Morgan fingerprint density at radius 2 is 1.90 bits per heavy atom. The normalized spacial score (nSPS) is 19.8. The second kappa shape index (κ2) is 4.76. The minimum atomic E-state index is -0.275. The molecule has 1 aliphatic carbocycles. The monoisotopic (exact) mass is 295 g/mol. The van der Waals surface area contributed by atoms with E-state index in [0.717, 1.165) is 18.4 Å². The van der Waals surface area contributed by atoms with Crippen LogP contribution < -0.4 is 5.73 Å². The molecule has 0 amide bonds. The van der Waals surface area contributed by atoms with Crippen LogP contribution in [0.5, 0.6) is 0 Å². The molecule has 0 atom stereocenters. The Morgan fingerprint density at radius 3 is 2.45 bits per heavy atom. The van der Waals surface area contributed by atoms with E-state index in [9.17, 15) is 4.79 Å². The molecule has 4 heteroatoms. The molecule has 0 bridgehead atoms. The van der Waals surface area contributed by atoms with Crippen LogP contribution in [0.1, 0.15) is 68.8 Å². The average molecular weight is 295 g/mol. The highest BCUT2D eigenvalue weighted by atomic mass is 32.1. The lowest BCUT2D eigenvalue weighted by Gasteiger charge is -2.40. The van der Waals surface area contributed by atoms with Gasteiger partial charge in [0.15, 0.2) is 0 Å². The quantitative estimate of drug-likeness (QED) is 0.834. The molecule has 1 aromatic heterocycles. The number of anilines is 1. The van der Waals surface area contributed by atoms with Crippen molar-refractivity contribution < 1.29 is 9.53 Å². The number of nitrogen functional groups attached to an aromatic ring is 1. The van der Waals surface area contributed by atoms with Crippen LogP contribution in [0.15, 0.2) is 0 Å². The molecular formula is C16H25NO2S. The summed E-state index contributed by atoms with van der Waals surface area (Å²) < 4.78 is 5.37. The molecule has 3 nitrogen and oxygen atoms in total. The number of fused-ring (bicyclic) bond motifs is 1. The molecule has 1 aliphatic rings. The Labute approximate surface area is 125 Å². The zero-order valence-electron chi connectivity index (χ0n) is 13.3. The SMILES string of the molecule is CC(C)OC(=O)c1c(N)sc2c1CC(C)(C)CC2(C)C. The summed E-state index contributed by atoms with van der Waals surface area (Å²) in [5.74, 6) is -0.275. The first-order valence-electron chi connectivity index (χ1n) is 7.16. The highest BCUT2D eigenvalue weighted by Crippen LogP contribution is 2.51. The minimum absolute atomic E-state index is 0.0617. The van der Waals surface area contributed by atoms with E-state index in [1.165, 1.54) is 4.88 Å².